The molecule has 0 radical (unpaired) electrons. The molecule has 4 N–H and O–H groups in total. The summed E-state index contributed by atoms with van der Waals surface area (Å²) in [6, 6.07) is 4.01. The molecular weight excluding hydrogens is 224 g/mol. The Morgan fingerprint density at radius 2 is 1.94 bits per heavy atom. The van der Waals surface area contributed by atoms with Crippen molar-refractivity contribution in [3.8, 4) is 5.75 Å². The number of phenols is 1. The van der Waals surface area contributed by atoms with Crippen molar-refractivity contribution in [2.24, 2.45) is 5.73 Å². The van der Waals surface area contributed by atoms with Crippen LogP contribution in [0.25, 0.3) is 10.9 Å². The van der Waals surface area contributed by atoms with Gasteiger partial charge in [-0.3, -0.25) is 0 Å². The predicted molar refractivity (Wildman–Crippen MR) is 73.7 cm³/mol. The Balaban J connectivity index is 2.17. The lowest BCUT2D eigenvalue weighted by molar-refractivity contribution is 0.293. The maximum Gasteiger partial charge on any atom is 0.130 e. The summed E-state index contributed by atoms with van der Waals surface area (Å²) < 4.78 is 0. The van der Waals surface area contributed by atoms with Crippen LogP contribution in [0.2, 0.25) is 0 Å². The van der Waals surface area contributed by atoms with Gasteiger partial charge < -0.3 is 15.8 Å². The van der Waals surface area contributed by atoms with Crippen molar-refractivity contribution in [1.82, 2.24) is 4.98 Å². The first kappa shape index (κ1) is 11.6. The zero-order valence-electron chi connectivity index (χ0n) is 10.8. The van der Waals surface area contributed by atoms with E-state index in [9.17, 15) is 5.11 Å². The minimum Gasteiger partial charge on any atom is -0.507 e. The molecule has 1 aliphatic carbocycles. The smallest absolute Gasteiger partial charge is 0.130 e. The van der Waals surface area contributed by atoms with E-state index >= 15 is 0 Å². The molecule has 3 heteroatoms. The van der Waals surface area contributed by atoms with E-state index in [0.717, 1.165) is 47.7 Å². The lowest BCUT2D eigenvalue weighted by atomic mass is 9.76. The molecule has 1 aromatic heterocycles. The monoisotopic (exact) mass is 244 g/mol. The molecule has 1 aromatic carbocycles. The standard InChI is InChI=1S/C15H20N2O/c1-10-9-17-12-6-5-11(14(18)13(10)12)15(16)7-3-2-4-8-15/h5-6,9,17-18H,2-4,7-8,16H2,1H3. The Morgan fingerprint density at radius 1 is 1.22 bits per heavy atom. The summed E-state index contributed by atoms with van der Waals surface area (Å²) in [5.74, 6) is 0.371. The first-order valence-corrected chi connectivity index (χ1v) is 6.71. The SMILES string of the molecule is Cc1c[nH]c2ccc(C3(N)CCCCC3)c(O)c12. The summed E-state index contributed by atoms with van der Waals surface area (Å²) in [6.45, 7) is 2.01. The number of aromatic amines is 1. The van der Waals surface area contributed by atoms with Crippen molar-refractivity contribution in [3.63, 3.8) is 0 Å². The summed E-state index contributed by atoms with van der Waals surface area (Å²) in [7, 11) is 0. The Kier molecular flexibility index (Phi) is 2.59. The third-order valence-corrected chi connectivity index (χ3v) is 4.30. The largest absolute Gasteiger partial charge is 0.507 e. The molecule has 0 atom stereocenters. The zero-order valence-corrected chi connectivity index (χ0v) is 10.8. The molecule has 0 amide bonds. The van der Waals surface area contributed by atoms with E-state index in [4.69, 9.17) is 5.73 Å². The molecule has 0 unspecified atom stereocenters. The maximum atomic E-state index is 10.5. The summed E-state index contributed by atoms with van der Waals surface area (Å²) in [5, 5.41) is 11.5. The average molecular weight is 244 g/mol. The molecule has 96 valence electrons. The van der Waals surface area contributed by atoms with Gasteiger partial charge in [0.05, 0.1) is 0 Å². The van der Waals surface area contributed by atoms with E-state index in [0.29, 0.717) is 5.75 Å². The number of phenolic OH excluding ortho intramolecular Hbond substituents is 1. The molecule has 1 fully saturated rings. The van der Waals surface area contributed by atoms with Crippen molar-refractivity contribution >= 4 is 10.9 Å². The highest BCUT2D eigenvalue weighted by Gasteiger charge is 2.32. The van der Waals surface area contributed by atoms with E-state index in [-0.39, 0.29) is 5.54 Å². The van der Waals surface area contributed by atoms with Crippen LogP contribution in [-0.4, -0.2) is 10.1 Å². The molecule has 0 aliphatic heterocycles. The third-order valence-electron chi connectivity index (χ3n) is 4.30. The second-order valence-electron chi connectivity index (χ2n) is 5.57. The highest BCUT2D eigenvalue weighted by Crippen LogP contribution is 2.42. The van der Waals surface area contributed by atoms with E-state index in [1.54, 1.807) is 0 Å². The Hall–Kier alpha value is -1.48. The topological polar surface area (TPSA) is 62.0 Å². The number of hydrogen-bond acceptors (Lipinski definition) is 2. The lowest BCUT2D eigenvalue weighted by Crippen LogP contribution is -2.38. The van der Waals surface area contributed by atoms with Crippen LogP contribution in [0.1, 0.15) is 43.2 Å². The molecule has 1 saturated carbocycles. The fourth-order valence-electron chi connectivity index (χ4n) is 3.22. The van der Waals surface area contributed by atoms with E-state index < -0.39 is 0 Å². The van der Waals surface area contributed by atoms with Gasteiger partial charge in [-0.2, -0.15) is 0 Å². The average Bonchev–Trinajstić information content (AvgIpc) is 2.73. The van der Waals surface area contributed by atoms with Crippen LogP contribution in [0.3, 0.4) is 0 Å². The van der Waals surface area contributed by atoms with Crippen LogP contribution in [0.4, 0.5) is 0 Å². The number of aryl methyl sites for hydroxylation is 1. The fourth-order valence-corrected chi connectivity index (χ4v) is 3.22. The number of aromatic nitrogens is 1. The van der Waals surface area contributed by atoms with Gasteiger partial charge >= 0.3 is 0 Å². The van der Waals surface area contributed by atoms with Crippen LogP contribution in [0.15, 0.2) is 18.3 Å². The minimum absolute atomic E-state index is 0.347. The molecule has 0 saturated heterocycles. The summed E-state index contributed by atoms with van der Waals surface area (Å²) in [6.07, 6.45) is 7.43. The van der Waals surface area contributed by atoms with Gasteiger partial charge in [-0.15, -0.1) is 0 Å². The molecule has 0 spiro atoms. The van der Waals surface area contributed by atoms with Crippen LogP contribution in [-0.2, 0) is 5.54 Å². The molecule has 0 bridgehead atoms. The third kappa shape index (κ3) is 1.62. The first-order valence-electron chi connectivity index (χ1n) is 6.71. The molecular formula is C15H20N2O. The molecule has 2 aromatic rings. The van der Waals surface area contributed by atoms with Crippen molar-refractivity contribution in [1.29, 1.82) is 0 Å². The highest BCUT2D eigenvalue weighted by atomic mass is 16.3. The second kappa shape index (κ2) is 4.02. The van der Waals surface area contributed by atoms with Crippen LogP contribution in [0, 0.1) is 6.92 Å². The summed E-state index contributed by atoms with van der Waals surface area (Å²) in [5.41, 5.74) is 9.14. The number of aromatic hydroxyl groups is 1. The molecule has 3 nitrogen and oxygen atoms in total. The van der Waals surface area contributed by atoms with Gasteiger partial charge in [0.15, 0.2) is 0 Å². The number of rotatable bonds is 1. The van der Waals surface area contributed by atoms with Gasteiger partial charge in [0.1, 0.15) is 5.75 Å². The van der Waals surface area contributed by atoms with Crippen molar-refractivity contribution in [3.05, 3.63) is 29.5 Å². The van der Waals surface area contributed by atoms with Gasteiger partial charge in [-0.05, 0) is 31.4 Å². The van der Waals surface area contributed by atoms with Gasteiger partial charge in [-0.1, -0.05) is 25.3 Å². The number of nitrogens with two attached hydrogens (primary N) is 1. The second-order valence-corrected chi connectivity index (χ2v) is 5.57. The van der Waals surface area contributed by atoms with Crippen molar-refractivity contribution in [2.75, 3.05) is 0 Å². The quantitative estimate of drug-likeness (QED) is 0.720. The van der Waals surface area contributed by atoms with Gasteiger partial charge in [0.2, 0.25) is 0 Å². The van der Waals surface area contributed by atoms with Crippen molar-refractivity contribution in [2.45, 2.75) is 44.6 Å². The van der Waals surface area contributed by atoms with Crippen LogP contribution >= 0.6 is 0 Å². The molecule has 1 aliphatic rings. The van der Waals surface area contributed by atoms with E-state index in [1.807, 2.05) is 25.3 Å². The fraction of sp³-hybridized carbons (Fsp3) is 0.467. The van der Waals surface area contributed by atoms with E-state index in [2.05, 4.69) is 4.98 Å². The molecule has 18 heavy (non-hydrogen) atoms. The van der Waals surface area contributed by atoms with E-state index in [1.165, 1.54) is 6.42 Å². The Bertz CT molecular complexity index is 579. The van der Waals surface area contributed by atoms with Crippen molar-refractivity contribution < 1.29 is 5.11 Å². The number of fused-ring (bicyclic) bond motifs is 1. The number of benzene rings is 1. The Morgan fingerprint density at radius 3 is 2.67 bits per heavy atom. The lowest BCUT2D eigenvalue weighted by Gasteiger charge is -2.34. The first-order chi connectivity index (χ1) is 8.62. The molecule has 1 heterocycles. The number of hydrogen-bond donors (Lipinski definition) is 3. The maximum absolute atomic E-state index is 10.5. The van der Waals surface area contributed by atoms with Gasteiger partial charge in [0.25, 0.3) is 0 Å². The summed E-state index contributed by atoms with van der Waals surface area (Å²) >= 11 is 0. The Labute approximate surface area is 107 Å². The zero-order chi connectivity index (χ0) is 12.8. The number of nitrogens with one attached hydrogen (secondary N) is 1. The molecule has 3 rings (SSSR count). The predicted octanol–water partition coefficient (Wildman–Crippen LogP) is 3.30. The van der Waals surface area contributed by atoms with Gasteiger partial charge in [0, 0.05) is 28.2 Å². The number of H-pyrrole nitrogens is 1. The summed E-state index contributed by atoms with van der Waals surface area (Å²) in [4.78, 5) is 3.17. The normalized spacial score (nSPS) is 19.2. The van der Waals surface area contributed by atoms with Gasteiger partial charge in [-0.25, -0.2) is 0 Å². The minimum atomic E-state index is -0.347. The van der Waals surface area contributed by atoms with Crippen LogP contribution in [0.5, 0.6) is 5.75 Å². The van der Waals surface area contributed by atoms with Crippen LogP contribution < -0.4 is 5.73 Å². The highest BCUT2D eigenvalue weighted by molar-refractivity contribution is 5.90.